The number of thiophene rings is 1. The van der Waals surface area contributed by atoms with Gasteiger partial charge in [0.15, 0.2) is 5.06 Å². The lowest BCUT2D eigenvalue weighted by molar-refractivity contribution is 0.0683. The highest BCUT2D eigenvalue weighted by molar-refractivity contribution is 7.15. The third kappa shape index (κ3) is 1.79. The Balaban J connectivity index is 2.82. The molecule has 0 spiro atoms. The Hall–Kier alpha value is -0.970. The number of ketones is 1. The number of methoxy groups -OCH3 is 1. The first kappa shape index (κ1) is 9.12. The van der Waals surface area contributed by atoms with Crippen molar-refractivity contribution in [1.82, 2.24) is 0 Å². The van der Waals surface area contributed by atoms with Gasteiger partial charge in [0.25, 0.3) is 0 Å². The minimum atomic E-state index is -2.94. The number of alkyl halides is 2. The van der Waals surface area contributed by atoms with Crippen LogP contribution in [0.5, 0.6) is 5.06 Å². The molecule has 0 aromatic carbocycles. The summed E-state index contributed by atoms with van der Waals surface area (Å²) in [6.45, 7) is 0. The van der Waals surface area contributed by atoms with Crippen LogP contribution in [0.4, 0.5) is 8.78 Å². The van der Waals surface area contributed by atoms with Gasteiger partial charge >= 0.3 is 6.43 Å². The Kier molecular flexibility index (Phi) is 2.75. The van der Waals surface area contributed by atoms with Gasteiger partial charge in [-0.2, -0.15) is 0 Å². The van der Waals surface area contributed by atoms with Crippen LogP contribution in [-0.4, -0.2) is 19.3 Å². The van der Waals surface area contributed by atoms with Crippen molar-refractivity contribution in [2.24, 2.45) is 0 Å². The van der Waals surface area contributed by atoms with Gasteiger partial charge < -0.3 is 4.74 Å². The van der Waals surface area contributed by atoms with Gasteiger partial charge in [0.1, 0.15) is 0 Å². The van der Waals surface area contributed by atoms with Gasteiger partial charge in [0, 0.05) is 0 Å². The van der Waals surface area contributed by atoms with Crippen molar-refractivity contribution in [2.75, 3.05) is 7.11 Å². The highest BCUT2D eigenvalue weighted by Crippen LogP contribution is 2.25. The summed E-state index contributed by atoms with van der Waals surface area (Å²) < 4.78 is 28.4. The third-order valence-electron chi connectivity index (χ3n) is 1.22. The second-order valence-electron chi connectivity index (χ2n) is 1.99. The summed E-state index contributed by atoms with van der Waals surface area (Å²) in [4.78, 5) is 10.7. The quantitative estimate of drug-likeness (QED) is 0.686. The maximum Gasteiger partial charge on any atom is 0.301 e. The van der Waals surface area contributed by atoms with E-state index in [0.29, 0.717) is 5.06 Å². The van der Waals surface area contributed by atoms with Crippen molar-refractivity contribution in [2.45, 2.75) is 6.43 Å². The molecule has 0 amide bonds. The molecule has 12 heavy (non-hydrogen) atoms. The van der Waals surface area contributed by atoms with Gasteiger partial charge in [-0.05, 0) is 12.1 Å². The number of hydrogen-bond acceptors (Lipinski definition) is 3. The normalized spacial score (nSPS) is 10.3. The van der Waals surface area contributed by atoms with E-state index < -0.39 is 12.2 Å². The molecule has 1 aromatic heterocycles. The smallest absolute Gasteiger partial charge is 0.301 e. The van der Waals surface area contributed by atoms with Crippen molar-refractivity contribution in [3.8, 4) is 5.06 Å². The molecule has 0 bridgehead atoms. The van der Waals surface area contributed by atoms with E-state index in [0.717, 1.165) is 11.3 Å². The van der Waals surface area contributed by atoms with Crippen LogP contribution in [0, 0.1) is 0 Å². The van der Waals surface area contributed by atoms with Crippen LogP contribution < -0.4 is 4.74 Å². The molecule has 2 nitrogen and oxygen atoms in total. The van der Waals surface area contributed by atoms with Crippen molar-refractivity contribution in [1.29, 1.82) is 0 Å². The molecule has 0 aliphatic rings. The standard InChI is InChI=1S/C7H6F2O2S/c1-11-5-3-2-4(12-5)6(10)7(8)9/h2-3,7H,1H3. The van der Waals surface area contributed by atoms with Gasteiger partial charge in [-0.1, -0.05) is 11.3 Å². The highest BCUT2D eigenvalue weighted by atomic mass is 32.1. The summed E-state index contributed by atoms with van der Waals surface area (Å²) in [5, 5.41) is 0.457. The van der Waals surface area contributed by atoms with E-state index >= 15 is 0 Å². The topological polar surface area (TPSA) is 26.3 Å². The molecule has 1 rings (SSSR count). The van der Waals surface area contributed by atoms with Crippen molar-refractivity contribution in [3.05, 3.63) is 17.0 Å². The van der Waals surface area contributed by atoms with Crippen molar-refractivity contribution in [3.63, 3.8) is 0 Å². The number of hydrogen-bond donors (Lipinski definition) is 0. The SMILES string of the molecule is COc1ccc(C(=O)C(F)F)s1. The Bertz CT molecular complexity index is 283. The third-order valence-corrected chi connectivity index (χ3v) is 2.28. The summed E-state index contributed by atoms with van der Waals surface area (Å²) in [6, 6.07) is 2.82. The molecule has 0 saturated carbocycles. The fourth-order valence-corrected chi connectivity index (χ4v) is 1.43. The van der Waals surface area contributed by atoms with E-state index in [2.05, 4.69) is 0 Å². The second-order valence-corrected chi connectivity index (χ2v) is 3.03. The van der Waals surface area contributed by atoms with Crippen molar-refractivity contribution < 1.29 is 18.3 Å². The van der Waals surface area contributed by atoms with E-state index in [9.17, 15) is 13.6 Å². The average molecular weight is 192 g/mol. The summed E-state index contributed by atoms with van der Waals surface area (Å²) in [5.74, 6) is -1.15. The van der Waals surface area contributed by atoms with Crippen LogP contribution >= 0.6 is 11.3 Å². The van der Waals surface area contributed by atoms with E-state index in [-0.39, 0.29) is 4.88 Å². The number of carbonyl (C=O) groups excluding carboxylic acids is 1. The van der Waals surface area contributed by atoms with Crippen LogP contribution in [0.3, 0.4) is 0 Å². The Morgan fingerprint density at radius 1 is 1.58 bits per heavy atom. The molecular weight excluding hydrogens is 186 g/mol. The number of ether oxygens (including phenoxy) is 1. The number of carbonyl (C=O) groups is 1. The second kappa shape index (κ2) is 3.62. The maximum absolute atomic E-state index is 11.8. The molecule has 0 aliphatic carbocycles. The lowest BCUT2D eigenvalue weighted by atomic mass is 10.3. The van der Waals surface area contributed by atoms with Crippen LogP contribution in [0.25, 0.3) is 0 Å². The fraction of sp³-hybridized carbons (Fsp3) is 0.286. The Morgan fingerprint density at radius 3 is 2.67 bits per heavy atom. The van der Waals surface area contributed by atoms with Crippen LogP contribution in [0.15, 0.2) is 12.1 Å². The molecule has 66 valence electrons. The van der Waals surface area contributed by atoms with E-state index in [1.165, 1.54) is 19.2 Å². The first-order chi connectivity index (χ1) is 5.65. The largest absolute Gasteiger partial charge is 0.487 e. The van der Waals surface area contributed by atoms with Gasteiger partial charge in [-0.25, -0.2) is 8.78 Å². The zero-order chi connectivity index (χ0) is 9.14. The maximum atomic E-state index is 11.8. The Labute approximate surface area is 71.8 Å². The summed E-state index contributed by atoms with van der Waals surface area (Å²) in [7, 11) is 1.42. The average Bonchev–Trinajstić information content (AvgIpc) is 2.50. The van der Waals surface area contributed by atoms with E-state index in [1.807, 2.05) is 0 Å². The fourth-order valence-electron chi connectivity index (χ4n) is 0.670. The van der Waals surface area contributed by atoms with Gasteiger partial charge in [0.2, 0.25) is 5.78 Å². The molecule has 0 radical (unpaired) electrons. The lowest BCUT2D eigenvalue weighted by Gasteiger charge is -1.93. The monoisotopic (exact) mass is 192 g/mol. The summed E-state index contributed by atoms with van der Waals surface area (Å²) in [6.07, 6.45) is -2.94. The lowest BCUT2D eigenvalue weighted by Crippen LogP contribution is -2.07. The molecule has 5 heteroatoms. The zero-order valence-electron chi connectivity index (χ0n) is 6.21. The first-order valence-electron chi connectivity index (χ1n) is 3.11. The first-order valence-corrected chi connectivity index (χ1v) is 3.93. The van der Waals surface area contributed by atoms with Crippen LogP contribution in [0.1, 0.15) is 9.67 Å². The molecule has 0 fully saturated rings. The highest BCUT2D eigenvalue weighted by Gasteiger charge is 2.19. The van der Waals surface area contributed by atoms with Crippen molar-refractivity contribution >= 4 is 17.1 Å². The zero-order valence-corrected chi connectivity index (χ0v) is 7.03. The molecule has 0 atom stereocenters. The number of Topliss-reactive ketones (excluding diaryl/α,β-unsaturated/α-hetero) is 1. The number of rotatable bonds is 3. The van der Waals surface area contributed by atoms with E-state index in [1.54, 1.807) is 0 Å². The van der Waals surface area contributed by atoms with Gasteiger partial charge in [-0.15, -0.1) is 0 Å². The predicted octanol–water partition coefficient (Wildman–Crippen LogP) is 2.20. The molecule has 1 heterocycles. The number of halogens is 2. The van der Waals surface area contributed by atoms with Crippen LogP contribution in [-0.2, 0) is 0 Å². The summed E-state index contributed by atoms with van der Waals surface area (Å²) >= 11 is 0.918. The van der Waals surface area contributed by atoms with Crippen LogP contribution in [0.2, 0.25) is 0 Å². The Morgan fingerprint density at radius 2 is 2.25 bits per heavy atom. The summed E-state index contributed by atoms with van der Waals surface area (Å²) in [5.41, 5.74) is 0. The molecule has 0 aliphatic heterocycles. The van der Waals surface area contributed by atoms with Gasteiger partial charge in [-0.3, -0.25) is 4.79 Å². The van der Waals surface area contributed by atoms with E-state index in [4.69, 9.17) is 4.74 Å². The molecule has 0 N–H and O–H groups in total. The minimum absolute atomic E-state index is 0.0295. The minimum Gasteiger partial charge on any atom is -0.487 e. The molecule has 1 aromatic rings. The molecule has 0 unspecified atom stereocenters. The predicted molar refractivity (Wildman–Crippen MR) is 41.2 cm³/mol. The van der Waals surface area contributed by atoms with Gasteiger partial charge in [0.05, 0.1) is 12.0 Å². The molecule has 0 saturated heterocycles. The molecular formula is C7H6F2O2S.